The van der Waals surface area contributed by atoms with E-state index in [0.717, 1.165) is 6.20 Å². The molecule has 0 aromatic carbocycles. The number of hydrogen-bond donors (Lipinski definition) is 4. The number of halogens is 3. The molecule has 1 aromatic rings. The molecule has 0 unspecified atom stereocenters. The Labute approximate surface area is 154 Å². The lowest BCUT2D eigenvalue weighted by atomic mass is 9.93. The first-order chi connectivity index (χ1) is 12.7. The first-order valence-corrected chi connectivity index (χ1v) is 8.88. The van der Waals surface area contributed by atoms with Gasteiger partial charge in [0.1, 0.15) is 12.2 Å². The highest BCUT2D eigenvalue weighted by Crippen LogP contribution is 2.37. The Kier molecular flexibility index (Phi) is 5.92. The summed E-state index contributed by atoms with van der Waals surface area (Å²) in [5, 5.41) is 39.2. The summed E-state index contributed by atoms with van der Waals surface area (Å²) in [4.78, 5) is 6.82. The summed E-state index contributed by atoms with van der Waals surface area (Å²) in [5.41, 5.74) is -0.869. The van der Waals surface area contributed by atoms with Gasteiger partial charge in [0.2, 0.25) is 0 Å². The fraction of sp³-hybridized carbons (Fsp3) is 0.706. The van der Waals surface area contributed by atoms with Crippen molar-refractivity contribution in [3.05, 3.63) is 24.0 Å². The number of likely N-dealkylation sites (tertiary alicyclic amines) is 1. The van der Waals surface area contributed by atoms with Crippen LogP contribution in [0, 0.1) is 5.92 Å². The van der Waals surface area contributed by atoms with E-state index < -0.39 is 36.2 Å². The van der Waals surface area contributed by atoms with Gasteiger partial charge in [-0.2, -0.15) is 13.2 Å². The van der Waals surface area contributed by atoms with Gasteiger partial charge in [-0.1, -0.05) is 0 Å². The van der Waals surface area contributed by atoms with Crippen LogP contribution in [0.15, 0.2) is 18.3 Å². The number of β-amino-alcohol motifs (C(OH)–C–C–N with tert-alkyl or cyclic N) is 1. The second-order valence-electron chi connectivity index (χ2n) is 7.22. The molecule has 1 aromatic heterocycles. The summed E-state index contributed by atoms with van der Waals surface area (Å²) in [5.74, 6) is -0.00465. The molecule has 2 aliphatic rings. The molecule has 2 fully saturated rings. The molecule has 152 valence electrons. The topological polar surface area (TPSA) is 100 Å². The normalized spacial score (nSPS) is 32.9. The summed E-state index contributed by atoms with van der Waals surface area (Å²) in [6.45, 7) is 0.899. The minimum absolute atomic E-state index is 0.00465. The SMILES string of the molecule is OC[C@H]1[C@@H](O)[C@H](O)[C@@H](O)CN1C[C@H]1CCN(c2cccnc2C(F)(F)F)C1. The van der Waals surface area contributed by atoms with Crippen molar-refractivity contribution in [1.82, 2.24) is 9.88 Å². The third-order valence-corrected chi connectivity index (χ3v) is 5.39. The van der Waals surface area contributed by atoms with Gasteiger partial charge in [-0.25, -0.2) is 4.98 Å². The molecule has 5 atom stereocenters. The van der Waals surface area contributed by atoms with E-state index in [2.05, 4.69) is 4.98 Å². The fourth-order valence-electron chi connectivity index (χ4n) is 3.99. The van der Waals surface area contributed by atoms with Crippen LogP contribution in [0.25, 0.3) is 0 Å². The van der Waals surface area contributed by atoms with Crippen LogP contribution in [0.1, 0.15) is 12.1 Å². The predicted octanol–water partition coefficient (Wildman–Crippen LogP) is -0.314. The molecule has 3 heterocycles. The number of anilines is 1. The number of piperidine rings is 1. The van der Waals surface area contributed by atoms with Crippen LogP contribution in [-0.2, 0) is 6.18 Å². The predicted molar refractivity (Wildman–Crippen MR) is 90.0 cm³/mol. The van der Waals surface area contributed by atoms with Crippen molar-refractivity contribution in [2.75, 3.05) is 37.7 Å². The number of aliphatic hydroxyl groups is 4. The van der Waals surface area contributed by atoms with Crippen molar-refractivity contribution in [2.45, 2.75) is 37.0 Å². The number of hydrogen-bond acceptors (Lipinski definition) is 7. The zero-order valence-electron chi connectivity index (χ0n) is 14.6. The van der Waals surface area contributed by atoms with E-state index in [1.165, 1.54) is 12.1 Å². The Morgan fingerprint density at radius 1 is 1.15 bits per heavy atom. The van der Waals surface area contributed by atoms with Crippen LogP contribution in [0.4, 0.5) is 18.9 Å². The van der Waals surface area contributed by atoms with Crippen molar-refractivity contribution < 1.29 is 33.6 Å². The summed E-state index contributed by atoms with van der Waals surface area (Å²) in [6, 6.07) is 2.15. The number of nitrogens with zero attached hydrogens (tertiary/aromatic N) is 3. The average molecular weight is 391 g/mol. The van der Waals surface area contributed by atoms with E-state index in [4.69, 9.17) is 0 Å². The van der Waals surface area contributed by atoms with E-state index in [9.17, 15) is 33.6 Å². The third-order valence-electron chi connectivity index (χ3n) is 5.39. The lowest BCUT2D eigenvalue weighted by molar-refractivity contribution is -0.147. The molecule has 7 nitrogen and oxygen atoms in total. The molecule has 0 aliphatic carbocycles. The number of rotatable bonds is 4. The van der Waals surface area contributed by atoms with Crippen molar-refractivity contribution in [2.24, 2.45) is 5.92 Å². The monoisotopic (exact) mass is 391 g/mol. The minimum Gasteiger partial charge on any atom is -0.395 e. The van der Waals surface area contributed by atoms with E-state index in [1.54, 1.807) is 9.80 Å². The molecule has 0 amide bonds. The molecule has 10 heteroatoms. The zero-order valence-corrected chi connectivity index (χ0v) is 14.6. The molecule has 0 spiro atoms. The minimum atomic E-state index is -4.53. The van der Waals surface area contributed by atoms with Gasteiger partial charge in [0.15, 0.2) is 5.69 Å². The van der Waals surface area contributed by atoms with Gasteiger partial charge in [0, 0.05) is 32.4 Å². The number of alkyl halides is 3. The maximum absolute atomic E-state index is 13.2. The van der Waals surface area contributed by atoms with E-state index in [1.807, 2.05) is 0 Å². The Hall–Kier alpha value is -1.46. The van der Waals surface area contributed by atoms with Gasteiger partial charge in [0.05, 0.1) is 24.4 Å². The van der Waals surface area contributed by atoms with Gasteiger partial charge < -0.3 is 25.3 Å². The van der Waals surface area contributed by atoms with Crippen LogP contribution in [-0.4, -0.2) is 87.4 Å². The van der Waals surface area contributed by atoms with Crippen molar-refractivity contribution in [1.29, 1.82) is 0 Å². The first kappa shape index (κ1) is 20.3. The van der Waals surface area contributed by atoms with Crippen LogP contribution in [0.5, 0.6) is 0 Å². The first-order valence-electron chi connectivity index (χ1n) is 8.88. The van der Waals surface area contributed by atoms with Gasteiger partial charge in [-0.05, 0) is 24.5 Å². The van der Waals surface area contributed by atoms with Crippen LogP contribution < -0.4 is 4.90 Å². The molecule has 0 saturated carbocycles. The Morgan fingerprint density at radius 2 is 1.89 bits per heavy atom. The molecule has 0 radical (unpaired) electrons. The van der Waals surface area contributed by atoms with Crippen molar-refractivity contribution in [3.63, 3.8) is 0 Å². The molecule has 2 saturated heterocycles. The molecular weight excluding hydrogens is 367 g/mol. The van der Waals surface area contributed by atoms with E-state index in [0.29, 0.717) is 26.1 Å². The summed E-state index contributed by atoms with van der Waals surface area (Å²) in [7, 11) is 0. The van der Waals surface area contributed by atoms with Crippen molar-refractivity contribution >= 4 is 5.69 Å². The lowest BCUT2D eigenvalue weighted by Crippen LogP contribution is -2.63. The quantitative estimate of drug-likeness (QED) is 0.559. The van der Waals surface area contributed by atoms with Crippen LogP contribution >= 0.6 is 0 Å². The highest BCUT2D eigenvalue weighted by Gasteiger charge is 2.43. The second-order valence-corrected chi connectivity index (χ2v) is 7.22. The lowest BCUT2D eigenvalue weighted by Gasteiger charge is -2.44. The largest absolute Gasteiger partial charge is 0.435 e. The Balaban J connectivity index is 1.69. The number of aromatic nitrogens is 1. The summed E-state index contributed by atoms with van der Waals surface area (Å²) in [6.07, 6.45) is -6.54. The van der Waals surface area contributed by atoms with Gasteiger partial charge in [-0.3, -0.25) is 4.90 Å². The maximum Gasteiger partial charge on any atom is 0.435 e. The van der Waals surface area contributed by atoms with E-state index >= 15 is 0 Å². The smallest absolute Gasteiger partial charge is 0.395 e. The maximum atomic E-state index is 13.2. The van der Waals surface area contributed by atoms with Gasteiger partial charge in [-0.15, -0.1) is 0 Å². The summed E-state index contributed by atoms with van der Waals surface area (Å²) >= 11 is 0. The van der Waals surface area contributed by atoms with E-state index in [-0.39, 0.29) is 24.8 Å². The Bertz CT molecular complexity index is 648. The third kappa shape index (κ3) is 4.19. The van der Waals surface area contributed by atoms with Crippen molar-refractivity contribution in [3.8, 4) is 0 Å². The van der Waals surface area contributed by atoms with Gasteiger partial charge in [0.25, 0.3) is 0 Å². The highest BCUT2D eigenvalue weighted by molar-refractivity contribution is 5.52. The van der Waals surface area contributed by atoms with Crippen LogP contribution in [0.3, 0.4) is 0 Å². The molecular formula is C17H24F3N3O4. The van der Waals surface area contributed by atoms with Gasteiger partial charge >= 0.3 is 6.18 Å². The second kappa shape index (κ2) is 7.88. The molecule has 2 aliphatic heterocycles. The standard InChI is InChI=1S/C17H24F3N3O4/c18-17(19,20)16-11(2-1-4-21-16)22-5-3-10(6-22)7-23-8-13(25)15(27)14(26)12(23)9-24/h1-2,4,10,12-15,24-27H,3,5-9H2/t10-,12-,13-,14+,15+/m0/s1. The zero-order chi connectivity index (χ0) is 19.8. The van der Waals surface area contributed by atoms with Crippen LogP contribution in [0.2, 0.25) is 0 Å². The number of aliphatic hydroxyl groups excluding tert-OH is 4. The molecule has 4 N–H and O–H groups in total. The Morgan fingerprint density at radius 3 is 2.56 bits per heavy atom. The molecule has 3 rings (SSSR count). The fourth-order valence-corrected chi connectivity index (χ4v) is 3.99. The average Bonchev–Trinajstić information content (AvgIpc) is 3.08. The molecule has 27 heavy (non-hydrogen) atoms. The highest BCUT2D eigenvalue weighted by atomic mass is 19.4. The summed E-state index contributed by atoms with van der Waals surface area (Å²) < 4.78 is 39.6. The number of pyridine rings is 1. The molecule has 0 bridgehead atoms.